The number of hydrogen-bond donors (Lipinski definition) is 3. The van der Waals surface area contributed by atoms with E-state index in [1.165, 1.54) is 26.5 Å². The van der Waals surface area contributed by atoms with E-state index in [9.17, 15) is 8.42 Å². The summed E-state index contributed by atoms with van der Waals surface area (Å²) in [5.74, 6) is 0. The SMILES string of the molecule is COCC(CNS(=O)(=O)c1c[nH]c(CN)c1)OC. The van der Waals surface area contributed by atoms with E-state index in [-0.39, 0.29) is 24.1 Å². The third-order valence-corrected chi connectivity index (χ3v) is 3.84. The first-order valence-corrected chi connectivity index (χ1v) is 6.90. The van der Waals surface area contributed by atoms with Crippen LogP contribution in [-0.2, 0) is 26.0 Å². The zero-order valence-electron chi connectivity index (χ0n) is 10.5. The normalized spacial score (nSPS) is 13.7. The maximum Gasteiger partial charge on any atom is 0.242 e. The van der Waals surface area contributed by atoms with Gasteiger partial charge < -0.3 is 20.2 Å². The molecule has 1 atom stereocenters. The lowest BCUT2D eigenvalue weighted by Gasteiger charge is -2.14. The summed E-state index contributed by atoms with van der Waals surface area (Å²) in [6, 6.07) is 1.50. The molecule has 8 heteroatoms. The van der Waals surface area contributed by atoms with E-state index in [0.717, 1.165) is 0 Å². The van der Waals surface area contributed by atoms with Gasteiger partial charge in [0.2, 0.25) is 10.0 Å². The Morgan fingerprint density at radius 1 is 1.50 bits per heavy atom. The van der Waals surface area contributed by atoms with Crippen molar-refractivity contribution in [1.82, 2.24) is 9.71 Å². The highest BCUT2D eigenvalue weighted by Crippen LogP contribution is 2.10. The van der Waals surface area contributed by atoms with Gasteiger partial charge in [-0.2, -0.15) is 0 Å². The minimum atomic E-state index is -3.55. The van der Waals surface area contributed by atoms with Crippen molar-refractivity contribution in [1.29, 1.82) is 0 Å². The smallest absolute Gasteiger partial charge is 0.242 e. The molecule has 0 fully saturated rings. The van der Waals surface area contributed by atoms with Crippen LogP contribution < -0.4 is 10.5 Å². The van der Waals surface area contributed by atoms with Crippen LogP contribution in [0.25, 0.3) is 0 Å². The van der Waals surface area contributed by atoms with Crippen LogP contribution in [0.4, 0.5) is 0 Å². The van der Waals surface area contributed by atoms with E-state index in [1.54, 1.807) is 0 Å². The highest BCUT2D eigenvalue weighted by molar-refractivity contribution is 7.89. The van der Waals surface area contributed by atoms with E-state index in [0.29, 0.717) is 12.3 Å². The third-order valence-electron chi connectivity index (χ3n) is 2.43. The number of ether oxygens (including phenoxy) is 2. The average molecular weight is 277 g/mol. The molecular weight excluding hydrogens is 258 g/mol. The quantitative estimate of drug-likeness (QED) is 0.589. The molecule has 0 radical (unpaired) electrons. The number of nitrogens with one attached hydrogen (secondary N) is 2. The highest BCUT2D eigenvalue weighted by Gasteiger charge is 2.18. The predicted octanol–water partition coefficient (Wildman–Crippen LogP) is -0.587. The lowest BCUT2D eigenvalue weighted by atomic mass is 10.4. The van der Waals surface area contributed by atoms with E-state index in [2.05, 4.69) is 9.71 Å². The Balaban J connectivity index is 2.64. The summed E-state index contributed by atoms with van der Waals surface area (Å²) in [7, 11) is -0.517. The first-order chi connectivity index (χ1) is 8.53. The molecular formula is C10H19N3O4S. The third kappa shape index (κ3) is 4.07. The molecule has 1 aromatic heterocycles. The van der Waals surface area contributed by atoms with Crippen LogP contribution in [-0.4, -0.2) is 46.9 Å². The van der Waals surface area contributed by atoms with E-state index < -0.39 is 10.0 Å². The molecule has 104 valence electrons. The molecule has 0 bridgehead atoms. The molecule has 1 rings (SSSR count). The Bertz CT molecular complexity index is 457. The number of hydrogen-bond acceptors (Lipinski definition) is 5. The van der Waals surface area contributed by atoms with Crippen LogP contribution in [0.2, 0.25) is 0 Å². The molecule has 4 N–H and O–H groups in total. The zero-order valence-corrected chi connectivity index (χ0v) is 11.3. The Morgan fingerprint density at radius 3 is 2.72 bits per heavy atom. The largest absolute Gasteiger partial charge is 0.382 e. The maximum atomic E-state index is 11.9. The fourth-order valence-electron chi connectivity index (χ4n) is 1.37. The molecule has 0 saturated heterocycles. The summed E-state index contributed by atoms with van der Waals surface area (Å²) in [5.41, 5.74) is 6.07. The van der Waals surface area contributed by atoms with Gasteiger partial charge in [-0.1, -0.05) is 0 Å². The van der Waals surface area contributed by atoms with Gasteiger partial charge in [-0.25, -0.2) is 13.1 Å². The Labute approximate surface area is 107 Å². The summed E-state index contributed by atoms with van der Waals surface area (Å²) < 4.78 is 36.3. The monoisotopic (exact) mass is 277 g/mol. The summed E-state index contributed by atoms with van der Waals surface area (Å²) in [4.78, 5) is 2.95. The highest BCUT2D eigenvalue weighted by atomic mass is 32.2. The molecule has 1 heterocycles. The first kappa shape index (κ1) is 15.1. The molecule has 18 heavy (non-hydrogen) atoms. The number of H-pyrrole nitrogens is 1. The van der Waals surface area contributed by atoms with E-state index in [1.807, 2.05) is 0 Å². The number of sulfonamides is 1. The van der Waals surface area contributed by atoms with Gasteiger partial charge in [0.25, 0.3) is 0 Å². The fraction of sp³-hybridized carbons (Fsp3) is 0.600. The molecule has 1 unspecified atom stereocenters. The van der Waals surface area contributed by atoms with E-state index in [4.69, 9.17) is 15.2 Å². The van der Waals surface area contributed by atoms with Crippen LogP contribution in [0.3, 0.4) is 0 Å². The van der Waals surface area contributed by atoms with Crippen LogP contribution >= 0.6 is 0 Å². The van der Waals surface area contributed by atoms with Crippen molar-refractivity contribution < 1.29 is 17.9 Å². The topological polar surface area (TPSA) is 106 Å². The van der Waals surface area contributed by atoms with Gasteiger partial charge in [-0.3, -0.25) is 0 Å². The molecule has 1 aromatic rings. The number of methoxy groups -OCH3 is 2. The van der Waals surface area contributed by atoms with Crippen molar-refractivity contribution in [2.24, 2.45) is 5.73 Å². The number of aromatic amines is 1. The average Bonchev–Trinajstić information content (AvgIpc) is 2.84. The lowest BCUT2D eigenvalue weighted by molar-refractivity contribution is 0.0320. The van der Waals surface area contributed by atoms with Crippen molar-refractivity contribution in [3.05, 3.63) is 18.0 Å². The van der Waals surface area contributed by atoms with Gasteiger partial charge in [-0.05, 0) is 6.07 Å². The maximum absolute atomic E-state index is 11.9. The fourth-order valence-corrected chi connectivity index (χ4v) is 2.46. The lowest BCUT2D eigenvalue weighted by Crippen LogP contribution is -2.35. The van der Waals surface area contributed by atoms with Crippen LogP contribution in [0.5, 0.6) is 0 Å². The van der Waals surface area contributed by atoms with Gasteiger partial charge in [0.15, 0.2) is 0 Å². The summed E-state index contributed by atoms with van der Waals surface area (Å²) in [5, 5.41) is 0. The number of rotatable bonds is 8. The van der Waals surface area contributed by atoms with Gasteiger partial charge in [-0.15, -0.1) is 0 Å². The second-order valence-electron chi connectivity index (χ2n) is 3.73. The molecule has 0 aliphatic heterocycles. The molecule has 7 nitrogen and oxygen atoms in total. The molecule has 0 aliphatic carbocycles. The number of nitrogens with two attached hydrogens (primary N) is 1. The van der Waals surface area contributed by atoms with Crippen molar-refractivity contribution in [2.45, 2.75) is 17.5 Å². The Hall–Kier alpha value is -0.930. The minimum absolute atomic E-state index is 0.149. The molecule has 0 aliphatic rings. The zero-order chi connectivity index (χ0) is 13.6. The van der Waals surface area contributed by atoms with Crippen molar-refractivity contribution in [2.75, 3.05) is 27.4 Å². The standard InChI is InChI=1S/C10H19N3O4S/c1-16-7-9(17-2)5-13-18(14,15)10-3-8(4-11)12-6-10/h3,6,9,12-13H,4-5,7,11H2,1-2H3. The molecule has 0 amide bonds. The molecule has 0 saturated carbocycles. The van der Waals surface area contributed by atoms with Gasteiger partial charge >= 0.3 is 0 Å². The van der Waals surface area contributed by atoms with Gasteiger partial charge in [0.05, 0.1) is 17.6 Å². The molecule has 0 spiro atoms. The van der Waals surface area contributed by atoms with Crippen molar-refractivity contribution >= 4 is 10.0 Å². The first-order valence-electron chi connectivity index (χ1n) is 5.42. The van der Waals surface area contributed by atoms with Crippen LogP contribution in [0, 0.1) is 0 Å². The second kappa shape index (κ2) is 6.86. The Kier molecular flexibility index (Phi) is 5.76. The number of aromatic nitrogens is 1. The summed E-state index contributed by atoms with van der Waals surface area (Å²) in [6.07, 6.45) is 1.08. The summed E-state index contributed by atoms with van der Waals surface area (Å²) >= 11 is 0. The van der Waals surface area contributed by atoms with Gasteiger partial charge in [0, 0.05) is 39.2 Å². The predicted molar refractivity (Wildman–Crippen MR) is 66.5 cm³/mol. The van der Waals surface area contributed by atoms with Crippen molar-refractivity contribution in [3.8, 4) is 0 Å². The summed E-state index contributed by atoms with van der Waals surface area (Å²) in [6.45, 7) is 0.732. The van der Waals surface area contributed by atoms with Gasteiger partial charge in [0.1, 0.15) is 0 Å². The Morgan fingerprint density at radius 2 is 2.22 bits per heavy atom. The minimum Gasteiger partial charge on any atom is -0.382 e. The molecule has 0 aromatic carbocycles. The van der Waals surface area contributed by atoms with E-state index >= 15 is 0 Å². The van der Waals surface area contributed by atoms with Crippen molar-refractivity contribution in [3.63, 3.8) is 0 Å². The van der Waals surface area contributed by atoms with Crippen LogP contribution in [0.1, 0.15) is 5.69 Å². The van der Waals surface area contributed by atoms with Crippen LogP contribution in [0.15, 0.2) is 17.2 Å². The second-order valence-corrected chi connectivity index (χ2v) is 5.50.